The monoisotopic (exact) mass is 462 g/mol. The molecular weight excluding hydrogens is 440 g/mol. The van der Waals surface area contributed by atoms with Crippen molar-refractivity contribution in [3.63, 3.8) is 0 Å². The van der Waals surface area contributed by atoms with Gasteiger partial charge in [-0.05, 0) is 70.8 Å². The van der Waals surface area contributed by atoms with E-state index in [0.29, 0.717) is 0 Å². The minimum absolute atomic E-state index is 0.835. The summed E-state index contributed by atoms with van der Waals surface area (Å²) in [5.41, 5.74) is 8.04. The summed E-state index contributed by atoms with van der Waals surface area (Å²) in [7, 11) is 0. The van der Waals surface area contributed by atoms with Crippen molar-refractivity contribution in [2.24, 2.45) is 0 Å². The van der Waals surface area contributed by atoms with Crippen LogP contribution in [0.25, 0.3) is 57.5 Å². The number of nitrogens with zero attached hydrogens (tertiary/aromatic N) is 4. The average molecular weight is 463 g/mol. The maximum absolute atomic E-state index is 4.58. The Balaban J connectivity index is 1.27. The molecule has 4 heteroatoms. The zero-order chi connectivity index (χ0) is 24.2. The molecule has 4 heterocycles. The summed E-state index contributed by atoms with van der Waals surface area (Å²) in [5, 5.41) is 2.27. The van der Waals surface area contributed by atoms with Crippen molar-refractivity contribution < 1.29 is 0 Å². The Kier molecular flexibility index (Phi) is 5.83. The summed E-state index contributed by atoms with van der Waals surface area (Å²) in [4.78, 5) is 18.0. The molecule has 0 fully saturated rings. The third-order valence-corrected chi connectivity index (χ3v) is 6.11. The largest absolute Gasteiger partial charge is 0.256 e. The number of para-hydroxylation sites is 2. The van der Waals surface area contributed by atoms with Crippen LogP contribution in [0.2, 0.25) is 0 Å². The molecule has 0 amide bonds. The molecule has 0 aliphatic carbocycles. The topological polar surface area (TPSA) is 51.6 Å². The molecule has 170 valence electrons. The number of aromatic nitrogens is 4. The first-order chi connectivity index (χ1) is 17.8. The van der Waals surface area contributed by atoms with Crippen LogP contribution >= 0.6 is 0 Å². The maximum atomic E-state index is 4.58. The van der Waals surface area contributed by atoms with Gasteiger partial charge < -0.3 is 0 Å². The fourth-order valence-electron chi connectivity index (χ4n) is 4.28. The lowest BCUT2D eigenvalue weighted by molar-refractivity contribution is 1.24. The van der Waals surface area contributed by atoms with E-state index in [-0.39, 0.29) is 0 Å². The smallest absolute Gasteiger partial charge is 0.0892 e. The van der Waals surface area contributed by atoms with E-state index in [0.717, 1.165) is 55.4 Å². The number of rotatable bonds is 5. The summed E-state index contributed by atoms with van der Waals surface area (Å²) < 4.78 is 0. The van der Waals surface area contributed by atoms with Crippen LogP contribution in [0.1, 0.15) is 22.3 Å². The van der Waals surface area contributed by atoms with Crippen molar-refractivity contribution in [2.45, 2.75) is 0 Å². The van der Waals surface area contributed by atoms with E-state index in [4.69, 9.17) is 0 Å². The van der Waals surface area contributed by atoms with Crippen LogP contribution in [-0.4, -0.2) is 19.9 Å². The van der Waals surface area contributed by atoms with Crippen molar-refractivity contribution >= 4 is 46.1 Å². The Bertz CT molecular complexity index is 1610. The molecule has 0 bridgehead atoms. The van der Waals surface area contributed by atoms with Crippen molar-refractivity contribution in [2.75, 3.05) is 0 Å². The van der Waals surface area contributed by atoms with Gasteiger partial charge in [0, 0.05) is 35.6 Å². The molecule has 0 aliphatic rings. The third-order valence-electron chi connectivity index (χ3n) is 6.11. The standard InChI is InChI=1S/C32H22N4/c1-3-7-29-27(5-1)25(15-19-33-29)11-9-23-13-17-35-31(21-23)32-22-24(14-18-36-32)10-12-26-16-20-34-30-8-4-2-6-28(26)30/h1-22H/b11-9+,12-10+. The van der Waals surface area contributed by atoms with Gasteiger partial charge in [0.25, 0.3) is 0 Å². The maximum Gasteiger partial charge on any atom is 0.0892 e. The van der Waals surface area contributed by atoms with Gasteiger partial charge >= 0.3 is 0 Å². The third kappa shape index (κ3) is 4.52. The van der Waals surface area contributed by atoms with E-state index in [1.165, 1.54) is 0 Å². The molecule has 4 nitrogen and oxygen atoms in total. The highest BCUT2D eigenvalue weighted by atomic mass is 14.8. The molecule has 0 N–H and O–H groups in total. The molecule has 0 atom stereocenters. The quantitative estimate of drug-likeness (QED) is 0.265. The SMILES string of the molecule is C(=C\c1ccnc2ccccc12)/c1ccnc(-c2cc(/C=C/c3ccnc4ccccc34)ccn2)c1. The lowest BCUT2D eigenvalue weighted by Crippen LogP contribution is -1.89. The molecule has 36 heavy (non-hydrogen) atoms. The van der Waals surface area contributed by atoms with Gasteiger partial charge in [0.05, 0.1) is 22.4 Å². The van der Waals surface area contributed by atoms with E-state index in [1.54, 1.807) is 0 Å². The molecule has 0 aliphatic heterocycles. The van der Waals surface area contributed by atoms with Crippen LogP contribution in [0, 0.1) is 0 Å². The molecule has 0 saturated carbocycles. The van der Waals surface area contributed by atoms with Crippen LogP contribution in [0.5, 0.6) is 0 Å². The minimum atomic E-state index is 0.835. The summed E-state index contributed by atoms with van der Waals surface area (Å²) in [6, 6.07) is 28.5. The van der Waals surface area contributed by atoms with Gasteiger partial charge in [-0.1, -0.05) is 60.7 Å². The Hall–Kier alpha value is -4.96. The first-order valence-electron chi connectivity index (χ1n) is 11.8. The van der Waals surface area contributed by atoms with Gasteiger partial charge in [0.2, 0.25) is 0 Å². The van der Waals surface area contributed by atoms with Gasteiger partial charge in [0.15, 0.2) is 0 Å². The fraction of sp³-hybridized carbons (Fsp3) is 0. The summed E-state index contributed by atoms with van der Waals surface area (Å²) in [6.45, 7) is 0. The normalized spacial score (nSPS) is 11.7. The lowest BCUT2D eigenvalue weighted by Gasteiger charge is -2.04. The molecule has 6 rings (SSSR count). The Morgan fingerprint density at radius 1 is 0.417 bits per heavy atom. The first kappa shape index (κ1) is 21.6. The molecule has 0 saturated heterocycles. The first-order valence-corrected chi connectivity index (χ1v) is 11.8. The molecule has 0 unspecified atom stereocenters. The molecule has 0 spiro atoms. The number of fused-ring (bicyclic) bond motifs is 2. The van der Waals surface area contributed by atoms with Gasteiger partial charge in [0.1, 0.15) is 0 Å². The van der Waals surface area contributed by atoms with E-state index >= 15 is 0 Å². The number of pyridine rings is 4. The molecule has 2 aromatic carbocycles. The highest BCUT2D eigenvalue weighted by Crippen LogP contribution is 2.23. The second-order valence-electron chi connectivity index (χ2n) is 8.45. The van der Waals surface area contributed by atoms with E-state index in [9.17, 15) is 0 Å². The van der Waals surface area contributed by atoms with Gasteiger partial charge in [-0.3, -0.25) is 19.9 Å². The fourth-order valence-corrected chi connectivity index (χ4v) is 4.28. The van der Waals surface area contributed by atoms with E-state index in [1.807, 2.05) is 85.5 Å². The molecule has 4 aromatic heterocycles. The Morgan fingerprint density at radius 2 is 0.861 bits per heavy atom. The van der Waals surface area contributed by atoms with Crippen LogP contribution in [0.15, 0.2) is 110 Å². The minimum Gasteiger partial charge on any atom is -0.256 e. The van der Waals surface area contributed by atoms with Gasteiger partial charge in [-0.25, -0.2) is 0 Å². The second kappa shape index (κ2) is 9.72. The van der Waals surface area contributed by atoms with Crippen molar-refractivity contribution in [3.05, 3.63) is 132 Å². The zero-order valence-corrected chi connectivity index (χ0v) is 19.5. The van der Waals surface area contributed by atoms with Gasteiger partial charge in [-0.2, -0.15) is 0 Å². The molecular formula is C32H22N4. The molecule has 0 radical (unpaired) electrons. The number of hydrogen-bond acceptors (Lipinski definition) is 4. The van der Waals surface area contributed by atoms with E-state index in [2.05, 4.69) is 68.5 Å². The van der Waals surface area contributed by atoms with Crippen LogP contribution in [0.4, 0.5) is 0 Å². The van der Waals surface area contributed by atoms with Crippen LogP contribution < -0.4 is 0 Å². The Labute approximate surface area is 209 Å². The lowest BCUT2D eigenvalue weighted by atomic mass is 10.1. The van der Waals surface area contributed by atoms with Gasteiger partial charge in [-0.15, -0.1) is 0 Å². The summed E-state index contributed by atoms with van der Waals surface area (Å²) >= 11 is 0. The predicted octanol–water partition coefficient (Wildman–Crippen LogP) is 7.58. The summed E-state index contributed by atoms with van der Waals surface area (Å²) in [5.74, 6) is 0. The van der Waals surface area contributed by atoms with E-state index < -0.39 is 0 Å². The Morgan fingerprint density at radius 3 is 1.36 bits per heavy atom. The molecule has 6 aromatic rings. The second-order valence-corrected chi connectivity index (χ2v) is 8.45. The summed E-state index contributed by atoms with van der Waals surface area (Å²) in [6.07, 6.45) is 15.8. The number of hydrogen-bond donors (Lipinski definition) is 0. The average Bonchev–Trinajstić information content (AvgIpc) is 2.95. The number of benzene rings is 2. The van der Waals surface area contributed by atoms with Crippen molar-refractivity contribution in [1.29, 1.82) is 0 Å². The van der Waals surface area contributed by atoms with Crippen molar-refractivity contribution in [3.8, 4) is 11.4 Å². The van der Waals surface area contributed by atoms with Crippen LogP contribution in [0.3, 0.4) is 0 Å². The van der Waals surface area contributed by atoms with Crippen LogP contribution in [-0.2, 0) is 0 Å². The predicted molar refractivity (Wildman–Crippen MR) is 149 cm³/mol. The highest BCUT2D eigenvalue weighted by molar-refractivity contribution is 5.91. The highest BCUT2D eigenvalue weighted by Gasteiger charge is 2.04. The van der Waals surface area contributed by atoms with Crippen molar-refractivity contribution in [1.82, 2.24) is 19.9 Å². The zero-order valence-electron chi connectivity index (χ0n) is 19.5.